The van der Waals surface area contributed by atoms with E-state index in [-0.39, 0.29) is 0 Å². The maximum atomic E-state index is 6.07. The fraction of sp³-hybridized carbons (Fsp3) is 0.0833. The van der Waals surface area contributed by atoms with E-state index in [1.54, 1.807) is 0 Å². The summed E-state index contributed by atoms with van der Waals surface area (Å²) in [4.78, 5) is 4.43. The molecule has 0 aliphatic carbocycles. The summed E-state index contributed by atoms with van der Waals surface area (Å²) in [5.74, 6) is 0.762. The third-order valence-electron chi connectivity index (χ3n) is 4.46. The van der Waals surface area contributed by atoms with Crippen molar-refractivity contribution >= 4 is 10.8 Å². The molecule has 0 fully saturated rings. The minimum atomic E-state index is 0.510. The molecule has 2 nitrogen and oxygen atoms in total. The van der Waals surface area contributed by atoms with Crippen molar-refractivity contribution in [3.8, 4) is 5.75 Å². The number of hydrogen-bond acceptors (Lipinski definition) is 2. The predicted molar refractivity (Wildman–Crippen MR) is 106 cm³/mol. The summed E-state index contributed by atoms with van der Waals surface area (Å²) in [6.07, 6.45) is 2.78. The minimum Gasteiger partial charge on any atom is -0.486 e. The highest BCUT2D eigenvalue weighted by Gasteiger charge is 2.09. The highest BCUT2D eigenvalue weighted by Crippen LogP contribution is 2.29. The second-order valence-corrected chi connectivity index (χ2v) is 6.39. The van der Waals surface area contributed by atoms with Gasteiger partial charge in [0.25, 0.3) is 0 Å². The van der Waals surface area contributed by atoms with Gasteiger partial charge < -0.3 is 4.74 Å². The number of rotatable bonds is 5. The number of fused-ring (bicyclic) bond motifs is 1. The van der Waals surface area contributed by atoms with Gasteiger partial charge in [-0.25, -0.2) is 0 Å². The average Bonchev–Trinajstić information content (AvgIpc) is 2.69. The van der Waals surface area contributed by atoms with Crippen LogP contribution in [-0.4, -0.2) is 4.98 Å². The first kappa shape index (κ1) is 16.3. The molecule has 0 atom stereocenters. The maximum Gasteiger partial charge on any atom is 0.149 e. The smallest absolute Gasteiger partial charge is 0.149 e. The van der Waals surface area contributed by atoms with Crippen molar-refractivity contribution in [2.24, 2.45) is 0 Å². The van der Waals surface area contributed by atoms with Crippen molar-refractivity contribution in [2.75, 3.05) is 0 Å². The summed E-state index contributed by atoms with van der Waals surface area (Å²) in [6, 6.07) is 27.1. The molecule has 1 radical (unpaired) electrons. The van der Waals surface area contributed by atoms with E-state index in [0.717, 1.165) is 28.5 Å². The Labute approximate surface area is 154 Å². The van der Waals surface area contributed by atoms with Gasteiger partial charge in [0.2, 0.25) is 0 Å². The van der Waals surface area contributed by atoms with E-state index in [1.165, 1.54) is 11.1 Å². The van der Waals surface area contributed by atoms with Crippen LogP contribution in [0.15, 0.2) is 85.1 Å². The molecule has 0 spiro atoms. The van der Waals surface area contributed by atoms with Crippen LogP contribution < -0.4 is 4.74 Å². The van der Waals surface area contributed by atoms with Crippen molar-refractivity contribution in [1.29, 1.82) is 0 Å². The Bertz CT molecular complexity index is 1010. The first-order valence-electron chi connectivity index (χ1n) is 8.74. The van der Waals surface area contributed by atoms with Crippen molar-refractivity contribution in [1.82, 2.24) is 4.98 Å². The van der Waals surface area contributed by atoms with E-state index in [1.807, 2.05) is 30.5 Å². The summed E-state index contributed by atoms with van der Waals surface area (Å²) in [6.45, 7) is 4.55. The van der Waals surface area contributed by atoms with Crippen LogP contribution in [0.1, 0.15) is 22.4 Å². The van der Waals surface area contributed by atoms with Crippen LogP contribution in [0.2, 0.25) is 0 Å². The molecule has 0 aliphatic rings. The molecule has 1 heterocycles. The molecule has 0 unspecified atom stereocenters. The minimum absolute atomic E-state index is 0.510. The monoisotopic (exact) mass is 338 g/mol. The third-order valence-corrected chi connectivity index (χ3v) is 4.46. The van der Waals surface area contributed by atoms with Gasteiger partial charge in [-0.3, -0.25) is 4.98 Å². The summed E-state index contributed by atoms with van der Waals surface area (Å²) in [5.41, 5.74) is 4.36. The van der Waals surface area contributed by atoms with E-state index in [2.05, 4.69) is 66.5 Å². The van der Waals surface area contributed by atoms with Gasteiger partial charge >= 0.3 is 0 Å². The topological polar surface area (TPSA) is 22.1 Å². The van der Waals surface area contributed by atoms with E-state index < -0.39 is 0 Å². The second kappa shape index (κ2) is 7.40. The fourth-order valence-electron chi connectivity index (χ4n) is 3.12. The first-order chi connectivity index (χ1) is 12.8. The SMILES string of the molecule is [CH2]c1ncc2cc(Cc3ccccc3)ccc2c1OCc1ccccc1. The van der Waals surface area contributed by atoms with Gasteiger partial charge in [-0.2, -0.15) is 0 Å². The number of nitrogens with zero attached hydrogens (tertiary/aromatic N) is 1. The Morgan fingerprint density at radius 1 is 0.769 bits per heavy atom. The molecule has 2 heteroatoms. The molecule has 3 aromatic carbocycles. The van der Waals surface area contributed by atoms with E-state index in [0.29, 0.717) is 12.3 Å². The Balaban J connectivity index is 1.62. The lowest BCUT2D eigenvalue weighted by Gasteiger charge is -2.13. The van der Waals surface area contributed by atoms with Crippen molar-refractivity contribution in [3.63, 3.8) is 0 Å². The number of hydrogen-bond donors (Lipinski definition) is 0. The molecule has 26 heavy (non-hydrogen) atoms. The Morgan fingerprint density at radius 3 is 2.19 bits per heavy atom. The Morgan fingerprint density at radius 2 is 1.46 bits per heavy atom. The molecule has 4 aromatic rings. The fourth-order valence-corrected chi connectivity index (χ4v) is 3.12. The van der Waals surface area contributed by atoms with Crippen LogP contribution in [0, 0.1) is 6.92 Å². The highest BCUT2D eigenvalue weighted by atomic mass is 16.5. The lowest BCUT2D eigenvalue weighted by Crippen LogP contribution is -1.99. The lowest BCUT2D eigenvalue weighted by atomic mass is 10.0. The van der Waals surface area contributed by atoms with Crippen molar-refractivity contribution in [2.45, 2.75) is 13.0 Å². The summed E-state index contributed by atoms with van der Waals surface area (Å²) in [7, 11) is 0. The van der Waals surface area contributed by atoms with Gasteiger partial charge in [-0.05, 0) is 36.1 Å². The Kier molecular flexibility index (Phi) is 4.65. The van der Waals surface area contributed by atoms with Gasteiger partial charge in [0.05, 0.1) is 5.69 Å². The highest BCUT2D eigenvalue weighted by molar-refractivity contribution is 5.89. The van der Waals surface area contributed by atoms with Gasteiger partial charge in [0, 0.05) is 17.0 Å². The van der Waals surface area contributed by atoms with Crippen molar-refractivity contribution < 1.29 is 4.74 Å². The summed E-state index contributed by atoms with van der Waals surface area (Å²) in [5, 5.41) is 2.13. The molecule has 4 rings (SSSR count). The zero-order valence-electron chi connectivity index (χ0n) is 14.6. The molecule has 0 saturated heterocycles. The largest absolute Gasteiger partial charge is 0.486 e. The molecule has 0 saturated carbocycles. The third kappa shape index (κ3) is 3.60. The zero-order chi connectivity index (χ0) is 17.8. The van der Waals surface area contributed by atoms with E-state index in [4.69, 9.17) is 4.74 Å². The molecular formula is C24H20NO. The van der Waals surface area contributed by atoms with E-state index in [9.17, 15) is 0 Å². The molecular weight excluding hydrogens is 318 g/mol. The zero-order valence-corrected chi connectivity index (χ0v) is 14.6. The van der Waals surface area contributed by atoms with Crippen LogP contribution in [0.25, 0.3) is 10.8 Å². The number of ether oxygens (including phenoxy) is 1. The van der Waals surface area contributed by atoms with Gasteiger partial charge in [0.15, 0.2) is 0 Å². The molecule has 0 N–H and O–H groups in total. The average molecular weight is 338 g/mol. The van der Waals surface area contributed by atoms with Crippen LogP contribution >= 0.6 is 0 Å². The molecule has 0 bridgehead atoms. The van der Waals surface area contributed by atoms with Gasteiger partial charge in [-0.15, -0.1) is 0 Å². The number of benzene rings is 3. The quantitative estimate of drug-likeness (QED) is 0.473. The van der Waals surface area contributed by atoms with Crippen LogP contribution in [-0.2, 0) is 13.0 Å². The first-order valence-corrected chi connectivity index (χ1v) is 8.74. The predicted octanol–water partition coefficient (Wildman–Crippen LogP) is 5.59. The number of pyridine rings is 1. The van der Waals surface area contributed by atoms with Gasteiger partial charge in [0.1, 0.15) is 12.4 Å². The molecule has 1 aromatic heterocycles. The maximum absolute atomic E-state index is 6.07. The van der Waals surface area contributed by atoms with Crippen LogP contribution in [0.3, 0.4) is 0 Å². The lowest BCUT2D eigenvalue weighted by molar-refractivity contribution is 0.307. The normalized spacial score (nSPS) is 10.8. The summed E-state index contributed by atoms with van der Waals surface area (Å²) >= 11 is 0. The van der Waals surface area contributed by atoms with Crippen LogP contribution in [0.5, 0.6) is 5.75 Å². The second-order valence-electron chi connectivity index (χ2n) is 6.39. The number of aromatic nitrogens is 1. The van der Waals surface area contributed by atoms with Crippen LogP contribution in [0.4, 0.5) is 0 Å². The summed E-state index contributed by atoms with van der Waals surface area (Å²) < 4.78 is 6.07. The molecule has 0 aliphatic heterocycles. The molecule has 127 valence electrons. The molecule has 0 amide bonds. The standard InChI is InChI=1S/C24H20NO/c1-18-24(26-17-20-10-6-3-7-11-20)23-13-12-21(15-22(23)16-25-18)14-19-8-4-2-5-9-19/h2-13,15-16H,1,14,17H2. The van der Waals surface area contributed by atoms with Gasteiger partial charge in [-0.1, -0.05) is 72.8 Å². The van der Waals surface area contributed by atoms with Crippen molar-refractivity contribution in [3.05, 3.63) is 114 Å². The van der Waals surface area contributed by atoms with E-state index >= 15 is 0 Å². The Hall–Kier alpha value is -3.13.